The van der Waals surface area contributed by atoms with Gasteiger partial charge in [-0.2, -0.15) is 0 Å². The van der Waals surface area contributed by atoms with Crippen molar-refractivity contribution < 1.29 is 47.8 Å². The molecule has 0 unspecified atom stereocenters. The molecular formula is C31H32N6O10. The Hall–Kier alpha value is -6.45. The molecule has 0 aliphatic rings. The maximum Gasteiger partial charge on any atom is 0.255 e. The highest BCUT2D eigenvalue weighted by atomic mass is 16.5. The Morgan fingerprint density at radius 1 is 0.574 bits per heavy atom. The summed E-state index contributed by atoms with van der Waals surface area (Å²) in [7, 11) is 4.07. The number of aldehydes is 1. The first-order chi connectivity index (χ1) is 22.6. The van der Waals surface area contributed by atoms with Crippen molar-refractivity contribution in [1.82, 2.24) is 16.0 Å². The van der Waals surface area contributed by atoms with Crippen molar-refractivity contribution in [2.45, 2.75) is 0 Å². The SMILES string of the molecule is COc1ccc(NC(=O)CNC(=O)c2cc(NC(=O)CNC(=O)c3cc(NC=O)ccc3OC)ccc2OC)cc1C(=O)NCC=O. The molecule has 0 aromatic heterocycles. The summed E-state index contributed by atoms with van der Waals surface area (Å²) < 4.78 is 15.6. The van der Waals surface area contributed by atoms with E-state index in [-0.39, 0.29) is 51.9 Å². The molecule has 0 aliphatic heterocycles. The molecule has 0 spiro atoms. The Balaban J connectivity index is 1.61. The number of carbonyl (C=O) groups excluding carboxylic acids is 7. The van der Waals surface area contributed by atoms with E-state index in [0.29, 0.717) is 18.4 Å². The molecule has 0 radical (unpaired) electrons. The highest BCUT2D eigenvalue weighted by Crippen LogP contribution is 2.25. The van der Waals surface area contributed by atoms with E-state index in [2.05, 4.69) is 31.9 Å². The summed E-state index contributed by atoms with van der Waals surface area (Å²) in [5.41, 5.74) is 0.966. The summed E-state index contributed by atoms with van der Waals surface area (Å²) in [4.78, 5) is 84.5. The number of nitrogens with one attached hydrogen (secondary N) is 6. The van der Waals surface area contributed by atoms with E-state index in [1.54, 1.807) is 6.07 Å². The second-order valence-corrected chi connectivity index (χ2v) is 9.35. The zero-order chi connectivity index (χ0) is 34.3. The first-order valence-electron chi connectivity index (χ1n) is 13.8. The lowest BCUT2D eigenvalue weighted by atomic mass is 10.1. The maximum atomic E-state index is 13.0. The number of hydrogen-bond acceptors (Lipinski definition) is 10. The predicted octanol–water partition coefficient (Wildman–Crippen LogP) is 0.946. The van der Waals surface area contributed by atoms with Gasteiger partial charge >= 0.3 is 0 Å². The minimum absolute atomic E-state index is 0.00458. The molecule has 0 heterocycles. The highest BCUT2D eigenvalue weighted by Gasteiger charge is 2.18. The number of carbonyl (C=O) groups is 7. The van der Waals surface area contributed by atoms with Crippen LogP contribution in [0.4, 0.5) is 17.1 Å². The lowest BCUT2D eigenvalue weighted by Crippen LogP contribution is -2.34. The van der Waals surface area contributed by atoms with Crippen LogP contribution in [0.15, 0.2) is 54.6 Å². The summed E-state index contributed by atoms with van der Waals surface area (Å²) in [6.07, 6.45) is 0.976. The molecule has 0 atom stereocenters. The van der Waals surface area contributed by atoms with E-state index in [1.807, 2.05) is 0 Å². The van der Waals surface area contributed by atoms with Crippen LogP contribution in [-0.4, -0.2) is 83.2 Å². The number of methoxy groups -OCH3 is 3. The van der Waals surface area contributed by atoms with Gasteiger partial charge in [-0.3, -0.25) is 28.8 Å². The molecule has 0 bridgehead atoms. The van der Waals surface area contributed by atoms with Crippen LogP contribution >= 0.6 is 0 Å². The second-order valence-electron chi connectivity index (χ2n) is 9.35. The monoisotopic (exact) mass is 648 g/mol. The van der Waals surface area contributed by atoms with Crippen molar-refractivity contribution in [3.8, 4) is 17.2 Å². The van der Waals surface area contributed by atoms with Crippen LogP contribution in [0, 0.1) is 0 Å². The first kappa shape index (κ1) is 35.0. The first-order valence-corrected chi connectivity index (χ1v) is 13.8. The molecule has 0 aliphatic carbocycles. The number of rotatable bonds is 16. The molecule has 3 aromatic rings. The lowest BCUT2D eigenvalue weighted by Gasteiger charge is -2.14. The van der Waals surface area contributed by atoms with E-state index in [4.69, 9.17) is 14.2 Å². The fourth-order valence-corrected chi connectivity index (χ4v) is 4.12. The van der Waals surface area contributed by atoms with E-state index in [0.717, 1.165) is 0 Å². The van der Waals surface area contributed by atoms with Gasteiger partial charge in [0.25, 0.3) is 17.7 Å². The fourth-order valence-electron chi connectivity index (χ4n) is 4.12. The molecule has 3 aromatic carbocycles. The summed E-state index contributed by atoms with van der Waals surface area (Å²) in [6, 6.07) is 13.0. The van der Waals surface area contributed by atoms with Crippen LogP contribution in [0.25, 0.3) is 0 Å². The van der Waals surface area contributed by atoms with Crippen LogP contribution in [0.5, 0.6) is 17.2 Å². The standard InChI is InChI=1S/C31H32N6O10/c1-45-24-7-4-18(35-17-39)12-21(24)30(43)33-15-27(40)37-20-6-9-26(47-3)23(14-20)31(44)34-16-28(41)36-19-5-8-25(46-2)22(13-19)29(42)32-10-11-38/h4-9,11-14,17H,10,15-16H2,1-3H3,(H,32,42)(H,33,43)(H,34,44)(H,35,39)(H,36,41)(H,37,40). The van der Waals surface area contributed by atoms with Crippen molar-refractivity contribution >= 4 is 59.3 Å². The summed E-state index contributed by atoms with van der Waals surface area (Å²) in [5, 5.41) is 14.9. The number of benzene rings is 3. The molecular weight excluding hydrogens is 616 g/mol. The fraction of sp³-hybridized carbons (Fsp3) is 0.194. The topological polar surface area (TPSA) is 219 Å². The Morgan fingerprint density at radius 3 is 1.34 bits per heavy atom. The number of amides is 6. The second kappa shape index (κ2) is 17.1. The van der Waals surface area contributed by atoms with Crippen molar-refractivity contribution in [2.75, 3.05) is 56.9 Å². The lowest BCUT2D eigenvalue weighted by molar-refractivity contribution is -0.116. The van der Waals surface area contributed by atoms with E-state index < -0.39 is 42.6 Å². The zero-order valence-electron chi connectivity index (χ0n) is 25.6. The molecule has 6 amide bonds. The van der Waals surface area contributed by atoms with Crippen LogP contribution < -0.4 is 46.1 Å². The minimum Gasteiger partial charge on any atom is -0.496 e. The van der Waals surface area contributed by atoms with Gasteiger partial charge in [0, 0.05) is 17.1 Å². The summed E-state index contributed by atoms with van der Waals surface area (Å²) in [6.45, 7) is -1.11. The van der Waals surface area contributed by atoms with Gasteiger partial charge in [-0.05, 0) is 54.6 Å². The smallest absolute Gasteiger partial charge is 0.255 e. The molecule has 0 saturated carbocycles. The number of hydrogen-bond donors (Lipinski definition) is 6. The molecule has 16 nitrogen and oxygen atoms in total. The molecule has 6 N–H and O–H groups in total. The van der Waals surface area contributed by atoms with Crippen LogP contribution in [-0.2, 0) is 19.2 Å². The van der Waals surface area contributed by atoms with Crippen molar-refractivity contribution in [3.63, 3.8) is 0 Å². The zero-order valence-corrected chi connectivity index (χ0v) is 25.6. The average Bonchev–Trinajstić information content (AvgIpc) is 3.08. The van der Waals surface area contributed by atoms with Gasteiger partial charge in [0.2, 0.25) is 18.2 Å². The van der Waals surface area contributed by atoms with Gasteiger partial charge in [-0.15, -0.1) is 0 Å². The third-order valence-corrected chi connectivity index (χ3v) is 6.29. The average molecular weight is 649 g/mol. The number of ether oxygens (including phenoxy) is 3. The van der Waals surface area contributed by atoms with Crippen LogP contribution in [0.1, 0.15) is 31.1 Å². The highest BCUT2D eigenvalue weighted by molar-refractivity contribution is 6.04. The third kappa shape index (κ3) is 9.77. The van der Waals surface area contributed by atoms with E-state index in [9.17, 15) is 33.6 Å². The predicted molar refractivity (Wildman–Crippen MR) is 169 cm³/mol. The molecule has 246 valence electrons. The number of anilines is 3. The van der Waals surface area contributed by atoms with Gasteiger partial charge in [-0.1, -0.05) is 0 Å². The summed E-state index contributed by atoms with van der Waals surface area (Å²) >= 11 is 0. The van der Waals surface area contributed by atoms with Crippen LogP contribution in [0.2, 0.25) is 0 Å². The Kier molecular flexibility index (Phi) is 12.8. The molecule has 3 rings (SSSR count). The van der Waals surface area contributed by atoms with Gasteiger partial charge in [0.15, 0.2) is 0 Å². The van der Waals surface area contributed by atoms with Crippen molar-refractivity contribution in [2.24, 2.45) is 0 Å². The van der Waals surface area contributed by atoms with E-state index in [1.165, 1.54) is 69.9 Å². The van der Waals surface area contributed by atoms with Crippen LogP contribution in [0.3, 0.4) is 0 Å². The normalized spacial score (nSPS) is 10.0. The van der Waals surface area contributed by atoms with Gasteiger partial charge in [0.05, 0.1) is 57.7 Å². The van der Waals surface area contributed by atoms with Crippen molar-refractivity contribution in [3.05, 3.63) is 71.3 Å². The Morgan fingerprint density at radius 2 is 0.957 bits per heavy atom. The van der Waals surface area contributed by atoms with Gasteiger partial charge in [-0.25, -0.2) is 0 Å². The maximum absolute atomic E-state index is 13.0. The quantitative estimate of drug-likeness (QED) is 0.121. The molecule has 0 saturated heterocycles. The largest absolute Gasteiger partial charge is 0.496 e. The van der Waals surface area contributed by atoms with Crippen molar-refractivity contribution in [1.29, 1.82) is 0 Å². The van der Waals surface area contributed by atoms with E-state index >= 15 is 0 Å². The third-order valence-electron chi connectivity index (χ3n) is 6.29. The minimum atomic E-state index is -0.694. The molecule has 47 heavy (non-hydrogen) atoms. The summed E-state index contributed by atoms with van der Waals surface area (Å²) in [5.74, 6) is -2.54. The molecule has 0 fully saturated rings. The Labute approximate surface area is 268 Å². The van der Waals surface area contributed by atoms with Gasteiger partial charge in [0.1, 0.15) is 23.5 Å². The molecule has 16 heteroatoms. The van der Waals surface area contributed by atoms with Gasteiger partial charge < -0.3 is 50.9 Å². The Bertz CT molecular complexity index is 1680.